The van der Waals surface area contributed by atoms with Gasteiger partial charge in [0.1, 0.15) is 34.2 Å². The van der Waals surface area contributed by atoms with Crippen molar-refractivity contribution in [1.82, 2.24) is 9.97 Å². The van der Waals surface area contributed by atoms with Crippen LogP contribution in [-0.4, -0.2) is 20.2 Å². The average Bonchev–Trinajstić information content (AvgIpc) is 3.11. The molecule has 0 spiro atoms. The predicted molar refractivity (Wildman–Crippen MR) is 141 cm³/mol. The largest absolute Gasteiger partial charge is 1.00 e. The number of rotatable bonds is 0. The fourth-order valence-corrected chi connectivity index (χ4v) is 2.78. The van der Waals surface area contributed by atoms with Gasteiger partial charge in [-0.05, 0) is 55.5 Å². The monoisotopic (exact) mass is 995 g/mol. The quantitative estimate of drug-likeness (QED) is 0.179. The predicted octanol–water partition coefficient (Wildman–Crippen LogP) is 2.93. The van der Waals surface area contributed by atoms with E-state index in [1.54, 1.807) is 24.3 Å². The van der Waals surface area contributed by atoms with Crippen molar-refractivity contribution >= 4 is 21.8 Å². The first-order valence-electron chi connectivity index (χ1n) is 10.7. The zero-order valence-corrected chi connectivity index (χ0v) is 29.5. The van der Waals surface area contributed by atoms with Gasteiger partial charge in [-0.2, -0.15) is 0 Å². The summed E-state index contributed by atoms with van der Waals surface area (Å²) >= 11 is 0. The van der Waals surface area contributed by atoms with Crippen molar-refractivity contribution in [3.05, 3.63) is 148 Å². The molecule has 46 heavy (non-hydrogen) atoms. The topological polar surface area (TPSA) is 186 Å². The number of hydrogen-bond donors (Lipinski definition) is 2. The molecule has 0 atom stereocenters. The van der Waals surface area contributed by atoms with E-state index in [4.69, 9.17) is 27.9 Å². The molecule has 0 aliphatic carbocycles. The van der Waals surface area contributed by atoms with Crippen LogP contribution in [0.3, 0.4) is 0 Å². The van der Waals surface area contributed by atoms with Crippen molar-refractivity contribution in [2.75, 3.05) is 0 Å². The Kier molecular flexibility index (Phi) is 51.4. The van der Waals surface area contributed by atoms with Crippen LogP contribution in [-0.2, 0) is 68.8 Å². The van der Waals surface area contributed by atoms with E-state index in [2.05, 4.69) is 68.9 Å². The minimum absolute atomic E-state index is 0. The Hall–Kier alpha value is -4.01. The minimum Gasteiger partial charge on any atom is -1.00 e. The summed E-state index contributed by atoms with van der Waals surface area (Å²) in [6.07, 6.45) is 3.03. The molecular weight excluding hydrogens is 974 g/mol. The molecule has 0 aliphatic heterocycles. The van der Waals surface area contributed by atoms with E-state index in [-0.39, 0.29) is 76.4 Å². The molecule has 0 bridgehead atoms. The molecule has 0 aliphatic rings. The number of phenolic OH excluding ortho intramolecular Hbond substituents is 2. The van der Waals surface area contributed by atoms with Crippen LogP contribution in [0.2, 0.25) is 0 Å². The van der Waals surface area contributed by atoms with Crippen molar-refractivity contribution in [2.45, 2.75) is 6.92 Å². The Labute approximate surface area is 297 Å². The van der Waals surface area contributed by atoms with Crippen LogP contribution in [0, 0.1) is 58.5 Å². The molecule has 0 unspecified atom stereocenters. The number of phenols is 2. The van der Waals surface area contributed by atoms with Crippen LogP contribution in [0.15, 0.2) is 91.3 Å². The van der Waals surface area contributed by atoms with Crippen LogP contribution in [0.4, 0.5) is 8.78 Å². The third-order valence-electron chi connectivity index (χ3n) is 4.33. The number of aryl methyl sites for hydroxylation is 1. The number of fused-ring (bicyclic) bond motifs is 2. The van der Waals surface area contributed by atoms with E-state index >= 15 is 0 Å². The maximum absolute atomic E-state index is 13.0. The molecule has 2 heterocycles. The molecule has 0 saturated carbocycles. The van der Waals surface area contributed by atoms with Crippen LogP contribution >= 0.6 is 0 Å². The Morgan fingerprint density at radius 2 is 0.804 bits per heavy atom. The Bertz CT molecular complexity index is 1390. The standard InChI is InChI=1S/2C9H6FNO.C7H8.6CO.ClH.2Re/c2*10-7-3-4-8(12)9-6(7)2-1-5-11-9;1-7-5-3-2-4-6-7;6*1-2;;;/h2*1-5,12H;2-6H,1H3;;;;;;;1H;;/p-1. The second kappa shape index (κ2) is 41.0. The summed E-state index contributed by atoms with van der Waals surface area (Å²) in [5, 5.41) is 19.2. The first kappa shape index (κ1) is 57.6. The van der Waals surface area contributed by atoms with Crippen LogP contribution in [0.25, 0.3) is 21.8 Å². The molecule has 0 fully saturated rings. The van der Waals surface area contributed by atoms with Gasteiger partial charge in [-0.15, -0.1) is 0 Å². The maximum atomic E-state index is 13.0. The van der Waals surface area contributed by atoms with E-state index in [1.165, 1.54) is 42.2 Å². The molecule has 0 amide bonds. The van der Waals surface area contributed by atoms with Gasteiger partial charge in [-0.25, -0.2) is 8.78 Å². The number of benzene rings is 3. The number of pyridine rings is 2. The Balaban J connectivity index is -0.0000000843. The van der Waals surface area contributed by atoms with Gasteiger partial charge in [0, 0.05) is 64.0 Å². The van der Waals surface area contributed by atoms with E-state index < -0.39 is 0 Å². The summed E-state index contributed by atoms with van der Waals surface area (Å²) in [6.45, 7) is 29.1. The Morgan fingerprint density at radius 3 is 1.04 bits per heavy atom. The first-order chi connectivity index (χ1) is 21.0. The molecule has 238 valence electrons. The molecule has 3 aromatic carbocycles. The second-order valence-corrected chi connectivity index (χ2v) is 6.59. The van der Waals surface area contributed by atoms with E-state index in [1.807, 2.05) is 18.2 Å². The first-order valence-corrected chi connectivity index (χ1v) is 10.7. The van der Waals surface area contributed by atoms with Gasteiger partial charge in [-0.3, -0.25) is 9.97 Å². The van der Waals surface area contributed by atoms with Crippen molar-refractivity contribution in [2.24, 2.45) is 0 Å². The third kappa shape index (κ3) is 22.5. The summed E-state index contributed by atoms with van der Waals surface area (Å²) in [4.78, 5) is 7.70. The number of aromatic nitrogens is 2. The van der Waals surface area contributed by atoms with Gasteiger partial charge >= 0.3 is 67.8 Å². The van der Waals surface area contributed by atoms with Crippen LogP contribution in [0.5, 0.6) is 11.5 Å². The molecular formula is C31H20ClF2N2O8Re2-. The summed E-state index contributed by atoms with van der Waals surface area (Å²) in [5.41, 5.74) is 1.93. The van der Waals surface area contributed by atoms with Gasteiger partial charge < -0.3 is 22.6 Å². The molecule has 2 N–H and O–H groups in total. The third-order valence-corrected chi connectivity index (χ3v) is 4.33. The zero-order chi connectivity index (χ0) is 34.2. The summed E-state index contributed by atoms with van der Waals surface area (Å²) in [7, 11) is 0. The molecule has 2 radical (unpaired) electrons. The second-order valence-electron chi connectivity index (χ2n) is 6.59. The van der Waals surface area contributed by atoms with Crippen LogP contribution in [0.1, 0.15) is 5.56 Å². The average molecular weight is 994 g/mol. The molecule has 10 nitrogen and oxygen atoms in total. The summed E-state index contributed by atoms with van der Waals surface area (Å²) in [5.74, 6) is -0.717. The fourth-order valence-electron chi connectivity index (χ4n) is 2.78. The zero-order valence-electron chi connectivity index (χ0n) is 23.3. The van der Waals surface area contributed by atoms with Crippen molar-refractivity contribution in [1.29, 1.82) is 0 Å². The van der Waals surface area contributed by atoms with Crippen LogP contribution < -0.4 is 12.4 Å². The summed E-state index contributed by atoms with van der Waals surface area (Å²) in [6, 6.07) is 21.7. The van der Waals surface area contributed by atoms with Gasteiger partial charge in [0.25, 0.3) is 0 Å². The molecule has 2 aromatic heterocycles. The fraction of sp³-hybridized carbons (Fsp3) is 0.0323. The number of nitrogens with zero attached hydrogens (tertiary/aromatic N) is 2. The number of aromatic hydroxyl groups is 2. The van der Waals surface area contributed by atoms with Crippen molar-refractivity contribution in [3.63, 3.8) is 0 Å². The number of halogens is 3. The van der Waals surface area contributed by atoms with E-state index in [9.17, 15) is 19.0 Å². The van der Waals surface area contributed by atoms with Gasteiger partial charge in [0.05, 0.1) is 0 Å². The van der Waals surface area contributed by atoms with Crippen molar-refractivity contribution < 1.29 is 100 Å². The smallest absolute Gasteiger partial charge is 0 e. The molecule has 5 aromatic rings. The molecule has 15 heteroatoms. The maximum Gasteiger partial charge on any atom is 0 e. The van der Waals surface area contributed by atoms with Crippen molar-refractivity contribution in [3.8, 4) is 11.5 Å². The van der Waals surface area contributed by atoms with Gasteiger partial charge in [-0.1, -0.05) is 35.9 Å². The summed E-state index contributed by atoms with van der Waals surface area (Å²) < 4.78 is 71.0. The van der Waals surface area contributed by atoms with E-state index in [0.717, 1.165) is 0 Å². The normalized spacial score (nSPS) is 7.02. The van der Waals surface area contributed by atoms with E-state index in [0.29, 0.717) is 21.8 Å². The van der Waals surface area contributed by atoms with Gasteiger partial charge in [0.15, 0.2) is 0 Å². The number of hydrogen-bond acceptors (Lipinski definition) is 4. The van der Waals surface area contributed by atoms with Gasteiger partial charge in [0.2, 0.25) is 0 Å². The molecule has 0 saturated heterocycles. The minimum atomic E-state index is -0.365. The Morgan fingerprint density at radius 1 is 0.500 bits per heavy atom. The SMILES string of the molecule is Cc1ccccc1.Oc1ccc(F)c2cccnc12.Oc1ccc(F)c2cccnc12.[C-]#[O+].[C-]#[O+].[C-]#[O+].[C-]#[O+].[C-]#[O+].[C-]#[O+].[Cl-].[Re].[Re]. The molecule has 5 rings (SSSR count).